The van der Waals surface area contributed by atoms with Crippen molar-refractivity contribution in [2.45, 2.75) is 44.9 Å². The number of nitrogens with zero attached hydrogens (tertiary/aromatic N) is 1. The second-order valence-corrected chi connectivity index (χ2v) is 9.65. The number of benzene rings is 1. The van der Waals surface area contributed by atoms with Crippen molar-refractivity contribution < 1.29 is 17.6 Å². The van der Waals surface area contributed by atoms with E-state index >= 15 is 0 Å². The van der Waals surface area contributed by atoms with Crippen LogP contribution in [0.1, 0.15) is 39.2 Å². The first-order chi connectivity index (χ1) is 12.0. The molecule has 1 heterocycles. The van der Waals surface area contributed by atoms with E-state index in [1.807, 2.05) is 20.8 Å². The van der Waals surface area contributed by atoms with E-state index in [1.165, 1.54) is 18.2 Å². The van der Waals surface area contributed by atoms with Crippen LogP contribution in [-0.4, -0.2) is 44.5 Å². The van der Waals surface area contributed by atoms with E-state index in [-0.39, 0.29) is 23.2 Å². The lowest BCUT2D eigenvalue weighted by molar-refractivity contribution is 0.163. The van der Waals surface area contributed by atoms with Gasteiger partial charge in [0, 0.05) is 25.2 Å². The maximum absolute atomic E-state index is 13.2. The Morgan fingerprint density at radius 2 is 1.92 bits per heavy atom. The third kappa shape index (κ3) is 6.92. The van der Waals surface area contributed by atoms with Crippen LogP contribution in [0.3, 0.4) is 0 Å². The zero-order chi connectivity index (χ0) is 19.4. The fourth-order valence-electron chi connectivity index (χ4n) is 2.88. The first-order valence-electron chi connectivity index (χ1n) is 8.83. The lowest BCUT2D eigenvalue weighted by atomic mass is 9.97. The summed E-state index contributed by atoms with van der Waals surface area (Å²) in [6.45, 7) is 7.36. The predicted molar refractivity (Wildman–Crippen MR) is 99.6 cm³/mol. The lowest BCUT2D eigenvalue weighted by Gasteiger charge is -2.34. The van der Waals surface area contributed by atoms with Gasteiger partial charge in [0.05, 0.1) is 5.75 Å². The molecule has 1 aromatic rings. The number of carbonyl (C=O) groups is 1. The number of carbonyl (C=O) groups excluding carboxylic acids is 1. The molecule has 1 fully saturated rings. The average Bonchev–Trinajstić information content (AvgIpc) is 2.51. The molecule has 2 N–H and O–H groups in total. The molecule has 146 valence electrons. The van der Waals surface area contributed by atoms with Crippen molar-refractivity contribution in [2.75, 3.05) is 19.6 Å². The second-order valence-electron chi connectivity index (χ2n) is 7.85. The molecule has 1 aliphatic rings. The number of hydrogen-bond acceptors (Lipinski definition) is 3. The number of amides is 2. The summed E-state index contributed by atoms with van der Waals surface area (Å²) in [4.78, 5) is 13.9. The summed E-state index contributed by atoms with van der Waals surface area (Å²) in [5.41, 5.74) is 0.145. The zero-order valence-corrected chi connectivity index (χ0v) is 16.4. The van der Waals surface area contributed by atoms with Crippen LogP contribution in [0.25, 0.3) is 0 Å². The molecule has 0 spiro atoms. The van der Waals surface area contributed by atoms with Gasteiger partial charge in [-0.25, -0.2) is 22.3 Å². The summed E-state index contributed by atoms with van der Waals surface area (Å²) in [6, 6.07) is 5.52. The van der Waals surface area contributed by atoms with Crippen LogP contribution in [0.15, 0.2) is 24.3 Å². The standard InChI is InChI=1S/C18H28FN3O3S/c1-18(2,3)21-17(23)22-9-7-14(8-10-22)12-20-26(24,25)13-15-5-4-6-16(19)11-15/h4-6,11,14,20H,7-10,12-13H2,1-3H3,(H,21,23). The molecule has 1 aromatic carbocycles. The molecule has 0 aliphatic carbocycles. The van der Waals surface area contributed by atoms with Crippen molar-refractivity contribution >= 4 is 16.1 Å². The summed E-state index contributed by atoms with van der Waals surface area (Å²) < 4.78 is 40.1. The summed E-state index contributed by atoms with van der Waals surface area (Å²) in [6.07, 6.45) is 1.50. The number of piperidine rings is 1. The minimum atomic E-state index is -3.51. The van der Waals surface area contributed by atoms with Gasteiger partial charge in [0.25, 0.3) is 0 Å². The monoisotopic (exact) mass is 385 g/mol. The maximum Gasteiger partial charge on any atom is 0.317 e. The Morgan fingerprint density at radius 1 is 1.27 bits per heavy atom. The molecule has 0 radical (unpaired) electrons. The van der Waals surface area contributed by atoms with Crippen molar-refractivity contribution in [1.29, 1.82) is 0 Å². The molecular formula is C18H28FN3O3S. The first-order valence-corrected chi connectivity index (χ1v) is 10.5. The summed E-state index contributed by atoms with van der Waals surface area (Å²) in [5, 5.41) is 2.94. The predicted octanol–water partition coefficient (Wildman–Crippen LogP) is 2.47. The molecule has 26 heavy (non-hydrogen) atoms. The number of nitrogens with one attached hydrogen (secondary N) is 2. The van der Waals surface area contributed by atoms with E-state index in [2.05, 4.69) is 10.0 Å². The smallest absolute Gasteiger partial charge is 0.317 e. The summed E-state index contributed by atoms with van der Waals surface area (Å²) >= 11 is 0. The van der Waals surface area contributed by atoms with E-state index in [0.717, 1.165) is 12.8 Å². The van der Waals surface area contributed by atoms with E-state index in [4.69, 9.17) is 0 Å². The third-order valence-corrected chi connectivity index (χ3v) is 5.54. The summed E-state index contributed by atoms with van der Waals surface area (Å²) in [7, 11) is -3.51. The molecule has 2 amide bonds. The van der Waals surface area contributed by atoms with Crippen molar-refractivity contribution in [3.8, 4) is 0 Å². The van der Waals surface area contributed by atoms with Gasteiger partial charge in [0.15, 0.2) is 0 Å². The van der Waals surface area contributed by atoms with Crippen LogP contribution in [-0.2, 0) is 15.8 Å². The molecule has 1 aliphatic heterocycles. The minimum absolute atomic E-state index is 0.0809. The molecule has 0 bridgehead atoms. The first kappa shape index (κ1) is 20.6. The quantitative estimate of drug-likeness (QED) is 0.817. The van der Waals surface area contributed by atoms with Crippen molar-refractivity contribution in [3.05, 3.63) is 35.6 Å². The molecule has 0 saturated carbocycles. The SMILES string of the molecule is CC(C)(C)NC(=O)N1CCC(CNS(=O)(=O)Cc2cccc(F)c2)CC1. The highest BCUT2D eigenvalue weighted by Crippen LogP contribution is 2.18. The summed E-state index contributed by atoms with van der Waals surface area (Å²) in [5.74, 6) is -0.494. The average molecular weight is 386 g/mol. The molecule has 1 saturated heterocycles. The van der Waals surface area contributed by atoms with Gasteiger partial charge in [-0.2, -0.15) is 0 Å². The molecule has 0 unspecified atom stereocenters. The van der Waals surface area contributed by atoms with Gasteiger partial charge in [-0.3, -0.25) is 0 Å². The van der Waals surface area contributed by atoms with E-state index in [0.29, 0.717) is 25.2 Å². The number of hydrogen-bond donors (Lipinski definition) is 2. The fraction of sp³-hybridized carbons (Fsp3) is 0.611. The molecular weight excluding hydrogens is 357 g/mol. The van der Waals surface area contributed by atoms with Crippen molar-refractivity contribution in [3.63, 3.8) is 0 Å². The van der Waals surface area contributed by atoms with Gasteiger partial charge < -0.3 is 10.2 Å². The number of halogens is 1. The molecule has 2 rings (SSSR count). The van der Waals surface area contributed by atoms with Crippen molar-refractivity contribution in [1.82, 2.24) is 14.9 Å². The maximum atomic E-state index is 13.2. The Kier molecular flexibility index (Phi) is 6.63. The number of sulfonamides is 1. The molecule has 6 nitrogen and oxygen atoms in total. The molecule has 0 aromatic heterocycles. The van der Waals surface area contributed by atoms with Crippen molar-refractivity contribution in [2.24, 2.45) is 5.92 Å². The van der Waals surface area contributed by atoms with Gasteiger partial charge in [-0.15, -0.1) is 0 Å². The lowest BCUT2D eigenvalue weighted by Crippen LogP contribution is -2.51. The molecule has 0 atom stereocenters. The van der Waals surface area contributed by atoms with Crippen LogP contribution in [0, 0.1) is 11.7 Å². The highest BCUT2D eigenvalue weighted by Gasteiger charge is 2.26. The van der Waals surface area contributed by atoms with Gasteiger partial charge in [0.2, 0.25) is 10.0 Å². The zero-order valence-electron chi connectivity index (χ0n) is 15.6. The minimum Gasteiger partial charge on any atom is -0.333 e. The Labute approximate surface area is 155 Å². The Morgan fingerprint density at radius 3 is 2.50 bits per heavy atom. The number of rotatable bonds is 5. The van der Waals surface area contributed by atoms with E-state index in [1.54, 1.807) is 11.0 Å². The highest BCUT2D eigenvalue weighted by molar-refractivity contribution is 7.88. The fourth-order valence-corrected chi connectivity index (χ4v) is 4.09. The van der Waals surface area contributed by atoms with E-state index in [9.17, 15) is 17.6 Å². The number of urea groups is 1. The van der Waals surface area contributed by atoms with Crippen LogP contribution >= 0.6 is 0 Å². The topological polar surface area (TPSA) is 78.5 Å². The van der Waals surface area contributed by atoms with Gasteiger partial charge in [-0.05, 0) is 57.2 Å². The Balaban J connectivity index is 1.78. The van der Waals surface area contributed by atoms with Gasteiger partial charge in [-0.1, -0.05) is 12.1 Å². The van der Waals surface area contributed by atoms with E-state index < -0.39 is 15.8 Å². The van der Waals surface area contributed by atoms with Gasteiger partial charge >= 0.3 is 6.03 Å². The largest absolute Gasteiger partial charge is 0.333 e. The molecule has 8 heteroatoms. The van der Waals surface area contributed by atoms with Crippen LogP contribution < -0.4 is 10.0 Å². The second kappa shape index (κ2) is 8.35. The number of likely N-dealkylation sites (tertiary alicyclic amines) is 1. The Bertz CT molecular complexity index is 723. The van der Waals surface area contributed by atoms with Crippen LogP contribution in [0.5, 0.6) is 0 Å². The third-order valence-electron chi connectivity index (χ3n) is 4.22. The highest BCUT2D eigenvalue weighted by atomic mass is 32.2. The van der Waals surface area contributed by atoms with Gasteiger partial charge in [0.1, 0.15) is 5.82 Å². The van der Waals surface area contributed by atoms with Crippen LogP contribution in [0.2, 0.25) is 0 Å². The van der Waals surface area contributed by atoms with Crippen LogP contribution in [0.4, 0.5) is 9.18 Å². The normalized spacial score (nSPS) is 16.5. The Hall–Kier alpha value is -1.67.